The molecule has 0 radical (unpaired) electrons. The highest BCUT2D eigenvalue weighted by molar-refractivity contribution is 6.18. The van der Waals surface area contributed by atoms with Gasteiger partial charge >= 0.3 is 0 Å². The molecule has 0 spiro atoms. The van der Waals surface area contributed by atoms with Crippen molar-refractivity contribution in [2.45, 2.75) is 18.8 Å². The third-order valence-electron chi connectivity index (χ3n) is 2.43. The molecule has 1 nitrogen and oxygen atoms in total. The summed E-state index contributed by atoms with van der Waals surface area (Å²) in [6, 6.07) is 6.81. The topological polar surface area (TPSA) is 9.23 Å². The first-order valence-electron chi connectivity index (χ1n) is 5.09. The first-order chi connectivity index (χ1) is 7.29. The molecule has 0 heterocycles. The standard InChI is InChI=1S/C12H16ClFO/c1-15-8-4-5-10(9-13)11-6-2-3-7-12(11)14/h2-3,6-7,10H,4-5,8-9H2,1H3. The molecule has 0 saturated heterocycles. The minimum atomic E-state index is -0.166. The molecule has 1 aromatic rings. The highest BCUT2D eigenvalue weighted by Gasteiger charge is 2.13. The molecule has 0 amide bonds. The lowest BCUT2D eigenvalue weighted by Gasteiger charge is -2.14. The lowest BCUT2D eigenvalue weighted by molar-refractivity contribution is 0.191. The second-order valence-corrected chi connectivity index (χ2v) is 3.82. The molecular weight excluding hydrogens is 215 g/mol. The van der Waals surface area contributed by atoms with Gasteiger partial charge in [-0.15, -0.1) is 11.6 Å². The summed E-state index contributed by atoms with van der Waals surface area (Å²) < 4.78 is 18.4. The van der Waals surface area contributed by atoms with Gasteiger partial charge in [0.25, 0.3) is 0 Å². The minimum absolute atomic E-state index is 0.0861. The van der Waals surface area contributed by atoms with Gasteiger partial charge in [0.15, 0.2) is 0 Å². The van der Waals surface area contributed by atoms with Crippen LogP contribution in [-0.4, -0.2) is 19.6 Å². The molecule has 0 aliphatic rings. The van der Waals surface area contributed by atoms with Crippen molar-refractivity contribution in [1.82, 2.24) is 0 Å². The summed E-state index contributed by atoms with van der Waals surface area (Å²) in [5.41, 5.74) is 0.712. The highest BCUT2D eigenvalue weighted by atomic mass is 35.5. The van der Waals surface area contributed by atoms with E-state index in [9.17, 15) is 4.39 Å². The van der Waals surface area contributed by atoms with Crippen LogP contribution in [0.5, 0.6) is 0 Å². The van der Waals surface area contributed by atoms with E-state index in [1.807, 2.05) is 6.07 Å². The van der Waals surface area contributed by atoms with Gasteiger partial charge in [-0.05, 0) is 24.5 Å². The fraction of sp³-hybridized carbons (Fsp3) is 0.500. The molecule has 1 rings (SSSR count). The van der Waals surface area contributed by atoms with Crippen LogP contribution < -0.4 is 0 Å². The zero-order chi connectivity index (χ0) is 11.1. The van der Waals surface area contributed by atoms with Gasteiger partial charge in [-0.3, -0.25) is 0 Å². The Morgan fingerprint density at radius 3 is 2.73 bits per heavy atom. The molecule has 0 fully saturated rings. The maximum Gasteiger partial charge on any atom is 0.126 e. The number of benzene rings is 1. The Balaban J connectivity index is 2.61. The van der Waals surface area contributed by atoms with Crippen LogP contribution in [0.3, 0.4) is 0 Å². The molecule has 3 heteroatoms. The van der Waals surface area contributed by atoms with Gasteiger partial charge in [0.1, 0.15) is 5.82 Å². The number of rotatable bonds is 6. The average molecular weight is 231 g/mol. The van der Waals surface area contributed by atoms with Gasteiger partial charge in [0.05, 0.1) is 0 Å². The van der Waals surface area contributed by atoms with Gasteiger partial charge in [0.2, 0.25) is 0 Å². The van der Waals surface area contributed by atoms with E-state index in [-0.39, 0.29) is 11.7 Å². The third kappa shape index (κ3) is 3.80. The Morgan fingerprint density at radius 2 is 2.13 bits per heavy atom. The van der Waals surface area contributed by atoms with Crippen molar-refractivity contribution >= 4 is 11.6 Å². The van der Waals surface area contributed by atoms with Gasteiger partial charge in [-0.1, -0.05) is 18.2 Å². The van der Waals surface area contributed by atoms with E-state index in [0.717, 1.165) is 12.8 Å². The lowest BCUT2D eigenvalue weighted by atomic mass is 9.96. The molecule has 84 valence electrons. The van der Waals surface area contributed by atoms with Crippen molar-refractivity contribution in [3.63, 3.8) is 0 Å². The van der Waals surface area contributed by atoms with E-state index in [4.69, 9.17) is 16.3 Å². The summed E-state index contributed by atoms with van der Waals surface area (Å²) in [5.74, 6) is 0.369. The lowest BCUT2D eigenvalue weighted by Crippen LogP contribution is -2.04. The summed E-state index contributed by atoms with van der Waals surface area (Å²) in [6.45, 7) is 0.696. The molecule has 0 aliphatic heterocycles. The monoisotopic (exact) mass is 230 g/mol. The smallest absolute Gasteiger partial charge is 0.126 e. The zero-order valence-corrected chi connectivity index (χ0v) is 9.64. The molecule has 0 aliphatic carbocycles. The van der Waals surface area contributed by atoms with Gasteiger partial charge in [-0.2, -0.15) is 0 Å². The Labute approximate surface area is 95.2 Å². The third-order valence-corrected chi connectivity index (χ3v) is 2.80. The zero-order valence-electron chi connectivity index (χ0n) is 8.88. The van der Waals surface area contributed by atoms with Crippen LogP contribution in [0.4, 0.5) is 4.39 Å². The molecule has 1 aromatic carbocycles. The average Bonchev–Trinajstić information content (AvgIpc) is 2.26. The van der Waals surface area contributed by atoms with Crippen molar-refractivity contribution in [2.75, 3.05) is 19.6 Å². The largest absolute Gasteiger partial charge is 0.385 e. The number of alkyl halides is 1. The second kappa shape index (κ2) is 6.81. The Kier molecular flexibility index (Phi) is 5.66. The first-order valence-corrected chi connectivity index (χ1v) is 5.62. The summed E-state index contributed by atoms with van der Waals surface area (Å²) in [6.07, 6.45) is 1.76. The van der Waals surface area contributed by atoms with Crippen LogP contribution in [0.25, 0.3) is 0 Å². The number of hydrogen-bond acceptors (Lipinski definition) is 1. The molecule has 1 atom stereocenters. The van der Waals surface area contributed by atoms with Crippen molar-refractivity contribution in [3.05, 3.63) is 35.6 Å². The molecule has 1 unspecified atom stereocenters. The quantitative estimate of drug-likeness (QED) is 0.536. The van der Waals surface area contributed by atoms with Crippen LogP contribution >= 0.6 is 11.6 Å². The van der Waals surface area contributed by atoms with Gasteiger partial charge < -0.3 is 4.74 Å². The summed E-state index contributed by atoms with van der Waals surface area (Å²) >= 11 is 5.85. The van der Waals surface area contributed by atoms with Crippen molar-refractivity contribution in [2.24, 2.45) is 0 Å². The fourth-order valence-electron chi connectivity index (χ4n) is 1.60. The van der Waals surface area contributed by atoms with Crippen molar-refractivity contribution < 1.29 is 9.13 Å². The minimum Gasteiger partial charge on any atom is -0.385 e. The molecule has 15 heavy (non-hydrogen) atoms. The Bertz CT molecular complexity index is 291. The second-order valence-electron chi connectivity index (χ2n) is 3.51. The summed E-state index contributed by atoms with van der Waals surface area (Å²) in [5, 5.41) is 0. The van der Waals surface area contributed by atoms with Crippen molar-refractivity contribution in [1.29, 1.82) is 0 Å². The predicted octanol–water partition coefficient (Wildman–Crippen LogP) is 3.57. The van der Waals surface area contributed by atoms with Crippen LogP contribution in [0.2, 0.25) is 0 Å². The van der Waals surface area contributed by atoms with Crippen LogP contribution in [0.15, 0.2) is 24.3 Å². The van der Waals surface area contributed by atoms with E-state index < -0.39 is 0 Å². The van der Waals surface area contributed by atoms with E-state index in [1.165, 1.54) is 6.07 Å². The van der Waals surface area contributed by atoms with Crippen LogP contribution in [-0.2, 0) is 4.74 Å². The maximum atomic E-state index is 13.4. The maximum absolute atomic E-state index is 13.4. The van der Waals surface area contributed by atoms with E-state index in [0.29, 0.717) is 18.1 Å². The van der Waals surface area contributed by atoms with E-state index in [1.54, 1.807) is 19.2 Å². The van der Waals surface area contributed by atoms with Gasteiger partial charge in [-0.25, -0.2) is 4.39 Å². The molecule has 0 bridgehead atoms. The summed E-state index contributed by atoms with van der Waals surface area (Å²) in [4.78, 5) is 0. The van der Waals surface area contributed by atoms with E-state index >= 15 is 0 Å². The number of hydrogen-bond donors (Lipinski definition) is 0. The highest BCUT2D eigenvalue weighted by Crippen LogP contribution is 2.24. The number of ether oxygens (including phenoxy) is 1. The molecule has 0 aromatic heterocycles. The van der Waals surface area contributed by atoms with Crippen LogP contribution in [0.1, 0.15) is 24.3 Å². The predicted molar refractivity (Wildman–Crippen MR) is 61.0 cm³/mol. The number of halogens is 2. The fourth-order valence-corrected chi connectivity index (χ4v) is 1.92. The van der Waals surface area contributed by atoms with Gasteiger partial charge in [0, 0.05) is 25.5 Å². The summed E-state index contributed by atoms with van der Waals surface area (Å²) in [7, 11) is 1.67. The molecule has 0 N–H and O–H groups in total. The molecular formula is C12H16ClFO. The first kappa shape index (κ1) is 12.5. The van der Waals surface area contributed by atoms with Crippen LogP contribution in [0, 0.1) is 5.82 Å². The SMILES string of the molecule is COCCCC(CCl)c1ccccc1F. The van der Waals surface area contributed by atoms with Crippen molar-refractivity contribution in [3.8, 4) is 0 Å². The van der Waals surface area contributed by atoms with E-state index in [2.05, 4.69) is 0 Å². The molecule has 0 saturated carbocycles. The Morgan fingerprint density at radius 1 is 1.40 bits per heavy atom. The number of methoxy groups -OCH3 is 1. The normalized spacial score (nSPS) is 12.7. The Hall–Kier alpha value is -0.600.